The molecule has 2 aliphatic rings. The fourth-order valence-corrected chi connectivity index (χ4v) is 5.32. The Hall–Kier alpha value is -2.41. The van der Waals surface area contributed by atoms with Crippen molar-refractivity contribution in [2.75, 3.05) is 39.3 Å². The van der Waals surface area contributed by atoms with Crippen molar-refractivity contribution in [3.63, 3.8) is 0 Å². The number of likely N-dealkylation sites (tertiary alicyclic amines) is 1. The molecule has 184 valence electrons. The van der Waals surface area contributed by atoms with Crippen molar-refractivity contribution in [3.05, 3.63) is 64.7 Å². The normalized spacial score (nSPS) is 20.5. The second-order valence-electron chi connectivity index (χ2n) is 9.65. The molecule has 1 amide bonds. The van der Waals surface area contributed by atoms with Crippen molar-refractivity contribution in [2.24, 2.45) is 0 Å². The minimum atomic E-state index is -0.198. The first-order chi connectivity index (χ1) is 16.4. The number of morpholine rings is 1. The third kappa shape index (κ3) is 5.62. The lowest BCUT2D eigenvalue weighted by molar-refractivity contribution is -0.171. The first kappa shape index (κ1) is 24.7. The highest BCUT2D eigenvalue weighted by Gasteiger charge is 2.43. The summed E-state index contributed by atoms with van der Waals surface area (Å²) in [5, 5.41) is 9.54. The summed E-state index contributed by atoms with van der Waals surface area (Å²) in [4.78, 5) is 17.7. The van der Waals surface area contributed by atoms with Crippen LogP contribution in [0.4, 0.5) is 0 Å². The monoisotopic (exact) mass is 466 g/mol. The molecule has 1 N–H and O–H groups in total. The van der Waals surface area contributed by atoms with Gasteiger partial charge in [-0.2, -0.15) is 0 Å². The summed E-state index contributed by atoms with van der Waals surface area (Å²) in [6.45, 7) is 10.9. The molecule has 0 saturated carbocycles. The van der Waals surface area contributed by atoms with Crippen LogP contribution in [-0.2, 0) is 17.8 Å². The van der Waals surface area contributed by atoms with E-state index in [0.717, 1.165) is 38.9 Å². The number of nitrogens with zero attached hydrogens (tertiary/aromatic N) is 2. The molecule has 1 spiro atoms. The Kier molecular flexibility index (Phi) is 7.91. The second-order valence-corrected chi connectivity index (χ2v) is 9.65. The number of hydrogen-bond donors (Lipinski definition) is 1. The predicted octanol–water partition coefficient (Wildman–Crippen LogP) is 3.82. The van der Waals surface area contributed by atoms with E-state index in [4.69, 9.17) is 9.47 Å². The number of carbonyl (C=O) groups excluding carboxylic acids is 1. The van der Waals surface area contributed by atoms with Gasteiger partial charge in [-0.05, 0) is 57.4 Å². The molecule has 1 unspecified atom stereocenters. The summed E-state index contributed by atoms with van der Waals surface area (Å²) in [7, 11) is 0. The molecular weight excluding hydrogens is 428 g/mol. The Balaban J connectivity index is 1.42. The van der Waals surface area contributed by atoms with Crippen LogP contribution in [0.25, 0.3) is 0 Å². The molecule has 6 nitrogen and oxygen atoms in total. The Bertz CT molecular complexity index is 984. The van der Waals surface area contributed by atoms with Crippen molar-refractivity contribution in [3.8, 4) is 5.75 Å². The second kappa shape index (κ2) is 10.9. The molecule has 0 radical (unpaired) electrons. The molecule has 34 heavy (non-hydrogen) atoms. The summed E-state index contributed by atoms with van der Waals surface area (Å²) >= 11 is 0. The maximum absolute atomic E-state index is 13.2. The maximum Gasteiger partial charge on any atom is 0.253 e. The number of carbonyl (C=O) groups is 1. The summed E-state index contributed by atoms with van der Waals surface area (Å²) in [5.74, 6) is 0.595. The standard InChI is InChI=1S/C28H38N2O4/c1-4-29-18-25(16-22-8-6-7-21(3)15-22)34-28(20-29)11-13-30(14-12-28)27(32)23-9-10-24(19-31)26(17-23)33-5-2/h6-10,15,17,25,31H,4-5,11-14,16,18-20H2,1-3H3. The lowest BCUT2D eigenvalue weighted by Gasteiger charge is -2.50. The Morgan fingerprint density at radius 2 is 1.97 bits per heavy atom. The predicted molar refractivity (Wildman–Crippen MR) is 133 cm³/mol. The smallest absolute Gasteiger partial charge is 0.253 e. The number of amides is 1. The summed E-state index contributed by atoms with van der Waals surface area (Å²) < 4.78 is 12.4. The van der Waals surface area contributed by atoms with Gasteiger partial charge in [-0.1, -0.05) is 42.8 Å². The SMILES string of the molecule is CCOc1cc(C(=O)N2CCC3(CC2)CN(CC)CC(Cc2cccc(C)c2)O3)ccc1CO. The summed E-state index contributed by atoms with van der Waals surface area (Å²) in [6, 6.07) is 14.0. The van der Waals surface area contributed by atoms with Gasteiger partial charge >= 0.3 is 0 Å². The molecule has 2 saturated heterocycles. The quantitative estimate of drug-likeness (QED) is 0.672. The highest BCUT2D eigenvalue weighted by Crippen LogP contribution is 2.34. The topological polar surface area (TPSA) is 62.2 Å². The van der Waals surface area contributed by atoms with Crippen LogP contribution in [0.15, 0.2) is 42.5 Å². The van der Waals surface area contributed by atoms with Crippen LogP contribution < -0.4 is 4.74 Å². The Morgan fingerprint density at radius 1 is 1.18 bits per heavy atom. The average Bonchev–Trinajstić information content (AvgIpc) is 2.84. The zero-order valence-electron chi connectivity index (χ0n) is 20.8. The van der Waals surface area contributed by atoms with E-state index in [0.29, 0.717) is 36.6 Å². The van der Waals surface area contributed by atoms with Crippen molar-refractivity contribution in [1.29, 1.82) is 0 Å². The number of benzene rings is 2. The van der Waals surface area contributed by atoms with Crippen LogP contribution in [-0.4, -0.2) is 71.8 Å². The minimum Gasteiger partial charge on any atom is -0.493 e. The lowest BCUT2D eigenvalue weighted by Crippen LogP contribution is -2.60. The van der Waals surface area contributed by atoms with E-state index < -0.39 is 0 Å². The van der Waals surface area contributed by atoms with E-state index in [1.165, 1.54) is 11.1 Å². The highest BCUT2D eigenvalue weighted by molar-refractivity contribution is 5.94. The van der Waals surface area contributed by atoms with Gasteiger partial charge in [0, 0.05) is 37.3 Å². The van der Waals surface area contributed by atoms with Gasteiger partial charge in [-0.3, -0.25) is 9.69 Å². The first-order valence-corrected chi connectivity index (χ1v) is 12.6. The van der Waals surface area contributed by atoms with E-state index in [2.05, 4.69) is 43.0 Å². The van der Waals surface area contributed by atoms with E-state index in [9.17, 15) is 9.90 Å². The number of aliphatic hydroxyl groups excluding tert-OH is 1. The number of hydrogen-bond acceptors (Lipinski definition) is 5. The van der Waals surface area contributed by atoms with Crippen LogP contribution in [0.5, 0.6) is 5.75 Å². The van der Waals surface area contributed by atoms with Crippen molar-refractivity contribution >= 4 is 5.91 Å². The molecule has 0 aromatic heterocycles. The molecule has 0 bridgehead atoms. The Labute approximate surface area is 203 Å². The van der Waals surface area contributed by atoms with Crippen LogP contribution >= 0.6 is 0 Å². The first-order valence-electron chi connectivity index (χ1n) is 12.6. The van der Waals surface area contributed by atoms with Gasteiger partial charge in [0.2, 0.25) is 0 Å². The molecule has 2 aliphatic heterocycles. The molecule has 2 aromatic rings. The van der Waals surface area contributed by atoms with Gasteiger partial charge in [-0.15, -0.1) is 0 Å². The molecule has 2 fully saturated rings. The number of likely N-dealkylation sites (N-methyl/N-ethyl adjacent to an activating group) is 1. The van der Waals surface area contributed by atoms with Crippen LogP contribution in [0.1, 0.15) is 53.7 Å². The number of aliphatic hydroxyl groups is 1. The van der Waals surface area contributed by atoms with Gasteiger partial charge in [0.25, 0.3) is 5.91 Å². The van der Waals surface area contributed by atoms with Gasteiger partial charge in [-0.25, -0.2) is 0 Å². The lowest BCUT2D eigenvalue weighted by atomic mass is 9.87. The summed E-state index contributed by atoms with van der Waals surface area (Å²) in [6.07, 6.45) is 2.76. The van der Waals surface area contributed by atoms with Crippen molar-refractivity contribution in [2.45, 2.75) is 58.3 Å². The zero-order valence-corrected chi connectivity index (χ0v) is 20.8. The van der Waals surface area contributed by atoms with Gasteiger partial charge in [0.15, 0.2) is 0 Å². The van der Waals surface area contributed by atoms with Gasteiger partial charge in [0.05, 0.1) is 24.9 Å². The van der Waals surface area contributed by atoms with E-state index in [-0.39, 0.29) is 24.2 Å². The van der Waals surface area contributed by atoms with Crippen molar-refractivity contribution in [1.82, 2.24) is 9.80 Å². The average molecular weight is 467 g/mol. The largest absolute Gasteiger partial charge is 0.493 e. The molecule has 6 heteroatoms. The third-order valence-electron chi connectivity index (χ3n) is 7.13. The molecule has 1 atom stereocenters. The number of ether oxygens (including phenoxy) is 2. The van der Waals surface area contributed by atoms with E-state index in [1.807, 2.05) is 11.8 Å². The fraction of sp³-hybridized carbons (Fsp3) is 0.536. The highest BCUT2D eigenvalue weighted by atomic mass is 16.5. The Morgan fingerprint density at radius 3 is 2.65 bits per heavy atom. The molecule has 2 heterocycles. The van der Waals surface area contributed by atoms with E-state index in [1.54, 1.807) is 18.2 Å². The number of aryl methyl sites for hydroxylation is 1. The number of rotatable bonds is 7. The molecular formula is C28H38N2O4. The van der Waals surface area contributed by atoms with E-state index >= 15 is 0 Å². The third-order valence-corrected chi connectivity index (χ3v) is 7.13. The molecule has 0 aliphatic carbocycles. The zero-order chi connectivity index (χ0) is 24.1. The van der Waals surface area contributed by atoms with Gasteiger partial charge < -0.3 is 19.5 Å². The summed E-state index contributed by atoms with van der Waals surface area (Å²) in [5.41, 5.74) is 3.71. The molecule has 4 rings (SSSR count). The van der Waals surface area contributed by atoms with Crippen molar-refractivity contribution < 1.29 is 19.4 Å². The minimum absolute atomic E-state index is 0.0137. The van der Waals surface area contributed by atoms with Crippen LogP contribution in [0, 0.1) is 6.92 Å². The number of piperidine rings is 1. The van der Waals surface area contributed by atoms with Crippen LogP contribution in [0.2, 0.25) is 0 Å². The van der Waals surface area contributed by atoms with Gasteiger partial charge in [0.1, 0.15) is 5.75 Å². The maximum atomic E-state index is 13.2. The van der Waals surface area contributed by atoms with Crippen LogP contribution in [0.3, 0.4) is 0 Å². The fourth-order valence-electron chi connectivity index (χ4n) is 5.32. The molecule has 2 aromatic carbocycles.